The number of hydrogen-bond donors (Lipinski definition) is 1. The number of carbonyl (C=O) groups is 1. The summed E-state index contributed by atoms with van der Waals surface area (Å²) in [6, 6.07) is 25.6. The molecule has 1 amide bonds. The standard InChI is InChI=1S/C24H24N2O2/c1-18-8-10-20(11-9-18)16-24(27)26-25-19(2)22-12-14-23(15-13-22)28-17-21-6-4-3-5-7-21/h3-15H,16-17H2,1-2H3,(H,26,27)/b25-19-. The van der Waals surface area contributed by atoms with E-state index in [2.05, 4.69) is 10.5 Å². The number of nitrogens with one attached hydrogen (secondary N) is 1. The van der Waals surface area contributed by atoms with Crippen LogP contribution in [0.2, 0.25) is 0 Å². The lowest BCUT2D eigenvalue weighted by Crippen LogP contribution is -2.21. The number of ether oxygens (including phenoxy) is 1. The van der Waals surface area contributed by atoms with Gasteiger partial charge in [0.1, 0.15) is 12.4 Å². The van der Waals surface area contributed by atoms with Gasteiger partial charge in [-0.2, -0.15) is 5.10 Å². The van der Waals surface area contributed by atoms with Gasteiger partial charge in [0.25, 0.3) is 0 Å². The van der Waals surface area contributed by atoms with E-state index in [1.807, 2.05) is 92.7 Å². The summed E-state index contributed by atoms with van der Waals surface area (Å²) in [5.74, 6) is 0.662. The SMILES string of the molecule is C/C(=N/NC(=O)Cc1ccc(C)cc1)c1ccc(OCc2ccccc2)cc1. The van der Waals surface area contributed by atoms with Crippen molar-refractivity contribution in [1.29, 1.82) is 0 Å². The van der Waals surface area contributed by atoms with Crippen molar-refractivity contribution in [3.05, 3.63) is 101 Å². The van der Waals surface area contributed by atoms with Crippen molar-refractivity contribution in [1.82, 2.24) is 5.43 Å². The van der Waals surface area contributed by atoms with E-state index in [1.54, 1.807) is 0 Å². The lowest BCUT2D eigenvalue weighted by Gasteiger charge is -2.08. The van der Waals surface area contributed by atoms with E-state index in [9.17, 15) is 4.79 Å². The summed E-state index contributed by atoms with van der Waals surface area (Å²) in [6.07, 6.45) is 0.309. The number of hydrogen-bond acceptors (Lipinski definition) is 3. The van der Waals surface area contributed by atoms with E-state index in [-0.39, 0.29) is 5.91 Å². The van der Waals surface area contributed by atoms with E-state index in [0.29, 0.717) is 13.0 Å². The minimum absolute atomic E-state index is 0.133. The smallest absolute Gasteiger partial charge is 0.244 e. The van der Waals surface area contributed by atoms with Crippen LogP contribution in [0.5, 0.6) is 5.75 Å². The fraction of sp³-hybridized carbons (Fsp3) is 0.167. The molecule has 4 nitrogen and oxygen atoms in total. The molecule has 0 unspecified atom stereocenters. The van der Waals surface area contributed by atoms with Crippen LogP contribution < -0.4 is 10.2 Å². The molecule has 0 aliphatic rings. The first-order valence-electron chi connectivity index (χ1n) is 9.26. The Bertz CT molecular complexity index is 931. The fourth-order valence-corrected chi connectivity index (χ4v) is 2.67. The van der Waals surface area contributed by atoms with Crippen molar-refractivity contribution in [2.45, 2.75) is 26.9 Å². The number of rotatable bonds is 7. The molecule has 3 aromatic rings. The van der Waals surface area contributed by atoms with E-state index < -0.39 is 0 Å². The third kappa shape index (κ3) is 5.81. The van der Waals surface area contributed by atoms with Crippen molar-refractivity contribution in [3.63, 3.8) is 0 Å². The number of benzene rings is 3. The molecule has 0 fully saturated rings. The van der Waals surface area contributed by atoms with E-state index in [4.69, 9.17) is 4.74 Å². The highest BCUT2D eigenvalue weighted by molar-refractivity contribution is 5.99. The van der Waals surface area contributed by atoms with Crippen molar-refractivity contribution < 1.29 is 9.53 Å². The summed E-state index contributed by atoms with van der Waals surface area (Å²) in [6.45, 7) is 4.42. The molecule has 1 N–H and O–H groups in total. The predicted molar refractivity (Wildman–Crippen MR) is 112 cm³/mol. The van der Waals surface area contributed by atoms with Crippen molar-refractivity contribution in [3.8, 4) is 5.75 Å². The molecule has 0 aromatic heterocycles. The molecule has 3 rings (SSSR count). The van der Waals surface area contributed by atoms with Crippen LogP contribution in [0.1, 0.15) is 29.2 Å². The maximum atomic E-state index is 12.1. The van der Waals surface area contributed by atoms with Gasteiger partial charge < -0.3 is 4.74 Å². The maximum absolute atomic E-state index is 12.1. The zero-order chi connectivity index (χ0) is 19.8. The largest absolute Gasteiger partial charge is 0.489 e. The third-order valence-electron chi connectivity index (χ3n) is 4.35. The van der Waals surface area contributed by atoms with Gasteiger partial charge in [-0.1, -0.05) is 60.2 Å². The highest BCUT2D eigenvalue weighted by Crippen LogP contribution is 2.15. The van der Waals surface area contributed by atoms with E-state index >= 15 is 0 Å². The van der Waals surface area contributed by atoms with Crippen LogP contribution in [0, 0.1) is 6.92 Å². The fourth-order valence-electron chi connectivity index (χ4n) is 2.67. The first-order chi connectivity index (χ1) is 13.6. The first-order valence-corrected chi connectivity index (χ1v) is 9.26. The van der Waals surface area contributed by atoms with Gasteiger partial charge in [-0.25, -0.2) is 5.43 Å². The summed E-state index contributed by atoms with van der Waals surface area (Å²) < 4.78 is 5.79. The van der Waals surface area contributed by atoms with Crippen LogP contribution in [0.25, 0.3) is 0 Å². The molecule has 0 saturated heterocycles. The van der Waals surface area contributed by atoms with Gasteiger partial charge in [-0.3, -0.25) is 4.79 Å². The number of aryl methyl sites for hydroxylation is 1. The maximum Gasteiger partial charge on any atom is 0.244 e. The molecule has 0 heterocycles. The topological polar surface area (TPSA) is 50.7 Å². The Labute approximate surface area is 165 Å². The van der Waals surface area contributed by atoms with Gasteiger partial charge in [-0.15, -0.1) is 0 Å². The summed E-state index contributed by atoms with van der Waals surface area (Å²) in [4.78, 5) is 12.1. The van der Waals surface area contributed by atoms with Gasteiger partial charge in [-0.05, 0) is 54.8 Å². The molecular formula is C24H24N2O2. The lowest BCUT2D eigenvalue weighted by atomic mass is 10.1. The van der Waals surface area contributed by atoms with Crippen molar-refractivity contribution in [2.75, 3.05) is 0 Å². The zero-order valence-electron chi connectivity index (χ0n) is 16.2. The molecule has 0 saturated carbocycles. The first kappa shape index (κ1) is 19.4. The summed E-state index contributed by atoms with van der Waals surface area (Å²) in [7, 11) is 0. The average molecular weight is 372 g/mol. The van der Waals surface area contributed by atoms with Crippen LogP contribution >= 0.6 is 0 Å². The Hall–Kier alpha value is -3.40. The highest BCUT2D eigenvalue weighted by Gasteiger charge is 2.04. The van der Waals surface area contributed by atoms with Crippen molar-refractivity contribution in [2.24, 2.45) is 5.10 Å². The predicted octanol–water partition coefficient (Wildman–Crippen LogP) is 4.66. The molecule has 0 aliphatic heterocycles. The number of nitrogens with zero attached hydrogens (tertiary/aromatic N) is 1. The average Bonchev–Trinajstić information content (AvgIpc) is 2.73. The molecule has 0 bridgehead atoms. The monoisotopic (exact) mass is 372 g/mol. The molecule has 0 radical (unpaired) electrons. The molecular weight excluding hydrogens is 348 g/mol. The second-order valence-corrected chi connectivity index (χ2v) is 6.69. The number of amides is 1. The van der Waals surface area contributed by atoms with Gasteiger partial charge in [0, 0.05) is 0 Å². The van der Waals surface area contributed by atoms with Crippen LogP contribution in [0.3, 0.4) is 0 Å². The van der Waals surface area contributed by atoms with Crippen LogP contribution in [-0.2, 0) is 17.8 Å². The minimum atomic E-state index is -0.133. The minimum Gasteiger partial charge on any atom is -0.489 e. The van der Waals surface area contributed by atoms with E-state index in [1.165, 1.54) is 5.56 Å². The Morgan fingerprint density at radius 3 is 2.25 bits per heavy atom. The summed E-state index contributed by atoms with van der Waals surface area (Å²) in [5.41, 5.74) is 7.57. The molecule has 0 aliphatic carbocycles. The highest BCUT2D eigenvalue weighted by atomic mass is 16.5. The normalized spacial score (nSPS) is 11.1. The second-order valence-electron chi connectivity index (χ2n) is 6.69. The molecule has 142 valence electrons. The van der Waals surface area contributed by atoms with Gasteiger partial charge in [0.15, 0.2) is 0 Å². The van der Waals surface area contributed by atoms with Gasteiger partial charge in [0.05, 0.1) is 12.1 Å². The zero-order valence-corrected chi connectivity index (χ0v) is 16.2. The van der Waals surface area contributed by atoms with Crippen LogP contribution in [0.4, 0.5) is 0 Å². The summed E-state index contributed by atoms with van der Waals surface area (Å²) >= 11 is 0. The van der Waals surface area contributed by atoms with Gasteiger partial charge in [0.2, 0.25) is 5.91 Å². The second kappa shape index (κ2) is 9.51. The Kier molecular flexibility index (Phi) is 6.58. The molecule has 3 aromatic carbocycles. The third-order valence-corrected chi connectivity index (χ3v) is 4.35. The van der Waals surface area contributed by atoms with Crippen LogP contribution in [-0.4, -0.2) is 11.6 Å². The molecule has 28 heavy (non-hydrogen) atoms. The molecule has 0 atom stereocenters. The Morgan fingerprint density at radius 1 is 0.893 bits per heavy atom. The van der Waals surface area contributed by atoms with Gasteiger partial charge >= 0.3 is 0 Å². The van der Waals surface area contributed by atoms with Crippen LogP contribution in [0.15, 0.2) is 84.0 Å². The van der Waals surface area contributed by atoms with E-state index in [0.717, 1.165) is 28.2 Å². The quantitative estimate of drug-likeness (QED) is 0.484. The number of carbonyl (C=O) groups excluding carboxylic acids is 1. The number of hydrazone groups is 1. The molecule has 4 heteroatoms. The van der Waals surface area contributed by atoms with Crippen molar-refractivity contribution >= 4 is 11.6 Å². The summed E-state index contributed by atoms with van der Waals surface area (Å²) in [5, 5.41) is 4.21. The Balaban J connectivity index is 1.52. The lowest BCUT2D eigenvalue weighted by molar-refractivity contribution is -0.120. The Morgan fingerprint density at radius 2 is 1.57 bits per heavy atom. The molecule has 0 spiro atoms.